The lowest BCUT2D eigenvalue weighted by atomic mass is 9.96. The molecule has 0 amide bonds. The number of fused-ring (bicyclic) bond motifs is 1. The van der Waals surface area contributed by atoms with Crippen LogP contribution in [0.4, 0.5) is 4.39 Å². The van der Waals surface area contributed by atoms with Crippen LogP contribution >= 0.6 is 11.6 Å². The molecule has 2 aromatic carbocycles. The number of methoxy groups -OCH3 is 1. The van der Waals surface area contributed by atoms with Gasteiger partial charge in [0.2, 0.25) is 5.43 Å². The predicted octanol–water partition coefficient (Wildman–Crippen LogP) is 3.77. The zero-order valence-electron chi connectivity index (χ0n) is 17.7. The van der Waals surface area contributed by atoms with E-state index in [-0.39, 0.29) is 39.8 Å². The Morgan fingerprint density at radius 3 is 2.50 bits per heavy atom. The van der Waals surface area contributed by atoms with Crippen LogP contribution in [0.15, 0.2) is 41.3 Å². The maximum atomic E-state index is 14.5. The normalized spacial score (nSPS) is 13.4. The Morgan fingerprint density at radius 1 is 1.25 bits per heavy atom. The largest absolute Gasteiger partial charge is 0.496 e. The summed E-state index contributed by atoms with van der Waals surface area (Å²) < 4.78 is 21.5. The summed E-state index contributed by atoms with van der Waals surface area (Å²) in [5.41, 5.74) is -1.01. The number of hydrogen-bond donors (Lipinski definition) is 3. The fourth-order valence-corrected chi connectivity index (χ4v) is 3.91. The van der Waals surface area contributed by atoms with Gasteiger partial charge in [-0.25, -0.2) is 9.18 Å². The zero-order valence-corrected chi connectivity index (χ0v) is 18.4. The van der Waals surface area contributed by atoms with E-state index in [4.69, 9.17) is 16.3 Å². The highest BCUT2D eigenvalue weighted by Crippen LogP contribution is 2.36. The Bertz CT molecular complexity index is 1240. The van der Waals surface area contributed by atoms with E-state index in [1.807, 2.05) is 13.8 Å². The van der Waals surface area contributed by atoms with E-state index in [1.165, 1.54) is 48.2 Å². The van der Waals surface area contributed by atoms with E-state index >= 15 is 0 Å². The van der Waals surface area contributed by atoms with Gasteiger partial charge in [0, 0.05) is 28.8 Å². The number of aliphatic hydroxyl groups excluding tert-OH is 2. The fraction of sp³-hybridized carbons (Fsp3) is 0.304. The number of rotatable bonds is 7. The SMILES string of the molecule is COc1cc2c(cc1C(O)c1cccc(Cl)c1F)c(=O)c(C(=O)O)cn2C(CO)C(C)C. The molecule has 32 heavy (non-hydrogen) atoms. The number of pyridine rings is 1. The summed E-state index contributed by atoms with van der Waals surface area (Å²) in [6, 6.07) is 6.39. The molecule has 3 aromatic rings. The predicted molar refractivity (Wildman–Crippen MR) is 118 cm³/mol. The van der Waals surface area contributed by atoms with Gasteiger partial charge in [0.25, 0.3) is 0 Å². The van der Waals surface area contributed by atoms with Gasteiger partial charge in [-0.15, -0.1) is 0 Å². The molecule has 1 aromatic heterocycles. The summed E-state index contributed by atoms with van der Waals surface area (Å²) in [5, 5.41) is 30.2. The van der Waals surface area contributed by atoms with Crippen LogP contribution in [0.5, 0.6) is 5.75 Å². The average molecular weight is 464 g/mol. The minimum absolute atomic E-state index is 0.0127. The third-order valence-electron chi connectivity index (χ3n) is 5.50. The molecule has 3 N–H and O–H groups in total. The number of hydrogen-bond acceptors (Lipinski definition) is 5. The number of carbonyl (C=O) groups is 1. The maximum absolute atomic E-state index is 14.5. The summed E-state index contributed by atoms with van der Waals surface area (Å²) in [5.74, 6) is -2.18. The molecule has 0 saturated carbocycles. The van der Waals surface area contributed by atoms with Crippen LogP contribution in [0.1, 0.15) is 47.5 Å². The lowest BCUT2D eigenvalue weighted by Crippen LogP contribution is -2.25. The van der Waals surface area contributed by atoms with Crippen molar-refractivity contribution >= 4 is 28.5 Å². The Labute approximate surface area is 188 Å². The Morgan fingerprint density at radius 2 is 1.94 bits per heavy atom. The highest BCUT2D eigenvalue weighted by atomic mass is 35.5. The molecule has 0 aliphatic heterocycles. The number of aliphatic hydroxyl groups is 2. The van der Waals surface area contributed by atoms with Gasteiger partial charge in [-0.3, -0.25) is 4.79 Å². The van der Waals surface area contributed by atoms with Crippen LogP contribution in [0.2, 0.25) is 5.02 Å². The van der Waals surface area contributed by atoms with Crippen LogP contribution in [0.3, 0.4) is 0 Å². The van der Waals surface area contributed by atoms with Gasteiger partial charge in [-0.1, -0.05) is 37.6 Å². The molecule has 0 spiro atoms. The second-order valence-corrected chi connectivity index (χ2v) is 8.14. The van der Waals surface area contributed by atoms with E-state index in [0.717, 1.165) is 0 Å². The number of aromatic carboxylic acids is 1. The standard InChI is InChI=1S/C23H23ClFNO6/c1-11(2)18(10-27)26-9-15(23(30)31)22(29)13-7-14(19(32-3)8-17(13)26)21(28)12-5-4-6-16(24)20(12)25/h4-9,11,18,21,27-28H,10H2,1-3H3,(H,30,31). The molecule has 2 unspecified atom stereocenters. The number of carboxylic acid groups (broad SMARTS) is 1. The van der Waals surface area contributed by atoms with Crippen molar-refractivity contribution in [2.45, 2.75) is 26.0 Å². The molecule has 0 aliphatic rings. The van der Waals surface area contributed by atoms with E-state index in [9.17, 15) is 29.3 Å². The third kappa shape index (κ3) is 4.09. The van der Waals surface area contributed by atoms with Crippen molar-refractivity contribution in [2.75, 3.05) is 13.7 Å². The first-order valence-corrected chi connectivity index (χ1v) is 10.2. The van der Waals surface area contributed by atoms with E-state index in [2.05, 4.69) is 0 Å². The molecule has 3 rings (SSSR count). The number of halogens is 2. The molecule has 170 valence electrons. The van der Waals surface area contributed by atoms with Crippen LogP contribution in [-0.4, -0.2) is 39.6 Å². The van der Waals surface area contributed by atoms with Crippen molar-refractivity contribution in [2.24, 2.45) is 5.92 Å². The monoisotopic (exact) mass is 463 g/mol. The number of nitrogens with zero attached hydrogens (tertiary/aromatic N) is 1. The van der Waals surface area contributed by atoms with Gasteiger partial charge < -0.3 is 24.6 Å². The molecular weight excluding hydrogens is 441 g/mol. The molecule has 0 fully saturated rings. The molecule has 2 atom stereocenters. The van der Waals surface area contributed by atoms with Gasteiger partial charge in [0.05, 0.1) is 30.3 Å². The third-order valence-corrected chi connectivity index (χ3v) is 5.79. The molecule has 0 bridgehead atoms. The summed E-state index contributed by atoms with van der Waals surface area (Å²) in [7, 11) is 1.35. The van der Waals surface area contributed by atoms with Crippen molar-refractivity contribution in [3.8, 4) is 5.75 Å². The minimum atomic E-state index is -1.53. The topological polar surface area (TPSA) is 109 Å². The van der Waals surface area contributed by atoms with Gasteiger partial charge in [-0.2, -0.15) is 0 Å². The second-order valence-electron chi connectivity index (χ2n) is 7.74. The molecule has 7 nitrogen and oxygen atoms in total. The van der Waals surface area contributed by atoms with Crippen molar-refractivity contribution in [3.63, 3.8) is 0 Å². The van der Waals surface area contributed by atoms with E-state index < -0.39 is 34.9 Å². The maximum Gasteiger partial charge on any atom is 0.341 e. The lowest BCUT2D eigenvalue weighted by Gasteiger charge is -2.26. The van der Waals surface area contributed by atoms with Crippen LogP contribution in [-0.2, 0) is 0 Å². The van der Waals surface area contributed by atoms with E-state index in [1.54, 1.807) is 0 Å². The second kappa shape index (κ2) is 9.28. The van der Waals surface area contributed by atoms with Gasteiger partial charge in [0.1, 0.15) is 23.2 Å². The van der Waals surface area contributed by atoms with Crippen molar-refractivity contribution in [1.82, 2.24) is 4.57 Å². The summed E-state index contributed by atoms with van der Waals surface area (Å²) >= 11 is 5.84. The van der Waals surface area contributed by atoms with Crippen LogP contribution < -0.4 is 10.2 Å². The Kier molecular flexibility index (Phi) is 6.88. The average Bonchev–Trinajstić information content (AvgIpc) is 2.75. The number of aromatic nitrogens is 1. The van der Waals surface area contributed by atoms with Gasteiger partial charge in [-0.05, 0) is 18.1 Å². The number of ether oxygens (including phenoxy) is 1. The van der Waals surface area contributed by atoms with Gasteiger partial charge >= 0.3 is 5.97 Å². The summed E-state index contributed by atoms with van der Waals surface area (Å²) in [6.07, 6.45) is -0.340. The number of carboxylic acids is 1. The minimum Gasteiger partial charge on any atom is -0.496 e. The van der Waals surface area contributed by atoms with Gasteiger partial charge in [0.15, 0.2) is 0 Å². The van der Waals surface area contributed by atoms with E-state index in [0.29, 0.717) is 5.52 Å². The highest BCUT2D eigenvalue weighted by molar-refractivity contribution is 6.30. The van der Waals surface area contributed by atoms with Crippen LogP contribution in [0.25, 0.3) is 10.9 Å². The highest BCUT2D eigenvalue weighted by Gasteiger charge is 2.26. The molecule has 0 saturated heterocycles. The Balaban J connectivity index is 2.38. The molecular formula is C23H23ClFNO6. The smallest absolute Gasteiger partial charge is 0.341 e. The molecule has 1 heterocycles. The first-order valence-electron chi connectivity index (χ1n) is 9.85. The van der Waals surface area contributed by atoms with Crippen molar-refractivity contribution in [1.29, 1.82) is 0 Å². The molecule has 9 heteroatoms. The number of benzene rings is 2. The molecule has 0 aliphatic carbocycles. The zero-order chi connectivity index (χ0) is 23.7. The quantitative estimate of drug-likeness (QED) is 0.492. The lowest BCUT2D eigenvalue weighted by molar-refractivity contribution is 0.0694. The Hall–Kier alpha value is -2.94. The summed E-state index contributed by atoms with van der Waals surface area (Å²) in [6.45, 7) is 3.40. The first-order chi connectivity index (χ1) is 15.1. The first kappa shape index (κ1) is 23.7. The summed E-state index contributed by atoms with van der Waals surface area (Å²) in [4.78, 5) is 24.7. The van der Waals surface area contributed by atoms with Crippen molar-refractivity contribution < 1.29 is 29.2 Å². The van der Waals surface area contributed by atoms with Crippen molar-refractivity contribution in [3.05, 3.63) is 74.3 Å². The molecule has 0 radical (unpaired) electrons. The fourth-order valence-electron chi connectivity index (χ4n) is 3.73. The van der Waals surface area contributed by atoms with Crippen LogP contribution in [0, 0.1) is 11.7 Å².